The van der Waals surface area contributed by atoms with Gasteiger partial charge >= 0.3 is 5.97 Å². The summed E-state index contributed by atoms with van der Waals surface area (Å²) in [5.41, 5.74) is 2.29. The van der Waals surface area contributed by atoms with E-state index < -0.39 is 12.0 Å². The lowest BCUT2D eigenvalue weighted by Gasteiger charge is -2.32. The molecule has 5 nitrogen and oxygen atoms in total. The van der Waals surface area contributed by atoms with Crippen molar-refractivity contribution in [2.45, 2.75) is 19.5 Å². The first-order valence-electron chi connectivity index (χ1n) is 7.03. The van der Waals surface area contributed by atoms with Gasteiger partial charge in [0.1, 0.15) is 6.04 Å². The summed E-state index contributed by atoms with van der Waals surface area (Å²) in [5, 5.41) is 9.12. The maximum atomic E-state index is 11.1. The van der Waals surface area contributed by atoms with Crippen molar-refractivity contribution in [1.29, 1.82) is 0 Å². The number of nitrogens with zero attached hydrogens (tertiary/aromatic N) is 2. The summed E-state index contributed by atoms with van der Waals surface area (Å²) < 4.78 is 6.43. The Balaban J connectivity index is 2.20. The van der Waals surface area contributed by atoms with Crippen molar-refractivity contribution >= 4 is 27.6 Å². The van der Waals surface area contributed by atoms with E-state index in [0.717, 1.165) is 42.0 Å². The minimum atomic E-state index is -0.803. The Bertz CT molecular complexity index is 504. The summed E-state index contributed by atoms with van der Waals surface area (Å²) in [6.07, 6.45) is 0. The standard InChI is InChI=1S/C15H21BrN2O3/c1-11(15(19)20)17(2)10-12-3-4-13(16)9-14(12)18-5-7-21-8-6-18/h3-4,9,11H,5-8,10H2,1-2H3,(H,19,20). The Morgan fingerprint density at radius 3 is 2.76 bits per heavy atom. The van der Waals surface area contributed by atoms with Gasteiger partial charge in [0.05, 0.1) is 13.2 Å². The number of ether oxygens (including phenoxy) is 1. The van der Waals surface area contributed by atoms with Gasteiger partial charge in [-0.25, -0.2) is 0 Å². The van der Waals surface area contributed by atoms with Crippen LogP contribution in [0.3, 0.4) is 0 Å². The lowest BCUT2D eigenvalue weighted by atomic mass is 10.1. The number of likely N-dealkylation sites (N-methyl/N-ethyl adjacent to an activating group) is 1. The SMILES string of the molecule is CC(C(=O)O)N(C)Cc1ccc(Br)cc1N1CCOCC1. The molecule has 6 heteroatoms. The molecule has 0 radical (unpaired) electrons. The van der Waals surface area contributed by atoms with E-state index in [1.165, 1.54) is 0 Å². The zero-order chi connectivity index (χ0) is 15.4. The lowest BCUT2D eigenvalue weighted by molar-refractivity contribution is -0.142. The molecule has 0 saturated carbocycles. The molecule has 116 valence electrons. The fourth-order valence-corrected chi connectivity index (χ4v) is 2.71. The topological polar surface area (TPSA) is 53.0 Å². The van der Waals surface area contributed by atoms with E-state index in [0.29, 0.717) is 6.54 Å². The number of carbonyl (C=O) groups is 1. The largest absolute Gasteiger partial charge is 0.480 e. The van der Waals surface area contributed by atoms with Crippen LogP contribution < -0.4 is 4.90 Å². The van der Waals surface area contributed by atoms with Crippen molar-refractivity contribution in [3.05, 3.63) is 28.2 Å². The second-order valence-electron chi connectivity index (χ2n) is 5.30. The van der Waals surface area contributed by atoms with E-state index in [2.05, 4.69) is 33.0 Å². The van der Waals surface area contributed by atoms with Crippen LogP contribution in [-0.2, 0) is 16.1 Å². The third-order valence-electron chi connectivity index (χ3n) is 3.84. The van der Waals surface area contributed by atoms with Gasteiger partial charge in [-0.15, -0.1) is 0 Å². The van der Waals surface area contributed by atoms with Crippen molar-refractivity contribution in [3.8, 4) is 0 Å². The molecule has 1 aromatic rings. The summed E-state index contributed by atoms with van der Waals surface area (Å²) in [6, 6.07) is 5.64. The molecule has 1 aliphatic heterocycles. The molecule has 21 heavy (non-hydrogen) atoms. The van der Waals surface area contributed by atoms with E-state index in [9.17, 15) is 4.79 Å². The van der Waals surface area contributed by atoms with Crippen molar-refractivity contribution in [3.63, 3.8) is 0 Å². The molecule has 1 saturated heterocycles. The normalized spacial score (nSPS) is 17.0. The lowest BCUT2D eigenvalue weighted by Crippen LogP contribution is -2.38. The van der Waals surface area contributed by atoms with Gasteiger partial charge in [-0.2, -0.15) is 0 Å². The highest BCUT2D eigenvalue weighted by molar-refractivity contribution is 9.10. The van der Waals surface area contributed by atoms with Crippen LogP contribution >= 0.6 is 15.9 Å². The predicted molar refractivity (Wildman–Crippen MR) is 85.7 cm³/mol. The number of morpholine rings is 1. The number of halogens is 1. The number of carboxylic acid groups (broad SMARTS) is 1. The minimum Gasteiger partial charge on any atom is -0.480 e. The fraction of sp³-hybridized carbons (Fsp3) is 0.533. The number of hydrogen-bond acceptors (Lipinski definition) is 4. The van der Waals surface area contributed by atoms with Crippen LogP contribution in [0.15, 0.2) is 22.7 Å². The van der Waals surface area contributed by atoms with Crippen LogP contribution in [0.5, 0.6) is 0 Å². The van der Waals surface area contributed by atoms with E-state index in [4.69, 9.17) is 9.84 Å². The van der Waals surface area contributed by atoms with Gasteiger partial charge in [0.25, 0.3) is 0 Å². The zero-order valence-corrected chi connectivity index (χ0v) is 14.0. The molecule has 0 aliphatic carbocycles. The second kappa shape index (κ2) is 7.24. The van der Waals surface area contributed by atoms with Crippen LogP contribution in [0, 0.1) is 0 Å². The molecule has 1 atom stereocenters. The predicted octanol–water partition coefficient (Wildman–Crippen LogP) is 2.19. The Morgan fingerprint density at radius 2 is 2.14 bits per heavy atom. The summed E-state index contributed by atoms with van der Waals surface area (Å²) in [4.78, 5) is 15.2. The zero-order valence-electron chi connectivity index (χ0n) is 12.4. The van der Waals surface area contributed by atoms with Gasteiger partial charge < -0.3 is 14.7 Å². The molecule has 2 rings (SSSR count). The molecule has 0 bridgehead atoms. The Morgan fingerprint density at radius 1 is 1.48 bits per heavy atom. The average Bonchev–Trinajstić information content (AvgIpc) is 2.49. The van der Waals surface area contributed by atoms with Crippen LogP contribution in [0.2, 0.25) is 0 Å². The first-order valence-corrected chi connectivity index (χ1v) is 7.82. The number of hydrogen-bond donors (Lipinski definition) is 1. The third kappa shape index (κ3) is 4.18. The maximum absolute atomic E-state index is 11.1. The van der Waals surface area contributed by atoms with E-state index in [-0.39, 0.29) is 0 Å². The van der Waals surface area contributed by atoms with E-state index in [1.54, 1.807) is 6.92 Å². The molecule has 1 N–H and O–H groups in total. The van der Waals surface area contributed by atoms with Gasteiger partial charge in [-0.3, -0.25) is 9.69 Å². The van der Waals surface area contributed by atoms with Gasteiger partial charge in [0.2, 0.25) is 0 Å². The third-order valence-corrected chi connectivity index (χ3v) is 4.33. The van der Waals surface area contributed by atoms with Crippen LogP contribution in [0.1, 0.15) is 12.5 Å². The van der Waals surface area contributed by atoms with Gasteiger partial charge in [-0.1, -0.05) is 22.0 Å². The molecular formula is C15H21BrN2O3. The first-order chi connectivity index (χ1) is 9.99. The van der Waals surface area contributed by atoms with E-state index in [1.807, 2.05) is 18.0 Å². The molecular weight excluding hydrogens is 336 g/mol. The Labute approximate surface area is 133 Å². The smallest absolute Gasteiger partial charge is 0.320 e. The Kier molecular flexibility index (Phi) is 5.61. The van der Waals surface area contributed by atoms with Gasteiger partial charge in [0.15, 0.2) is 0 Å². The second-order valence-corrected chi connectivity index (χ2v) is 6.22. The van der Waals surface area contributed by atoms with Crippen molar-refractivity contribution in [2.24, 2.45) is 0 Å². The number of benzene rings is 1. The minimum absolute atomic E-state index is 0.508. The molecule has 1 aliphatic rings. The number of aliphatic carboxylic acids is 1. The van der Waals surface area contributed by atoms with Crippen molar-refractivity contribution in [1.82, 2.24) is 4.90 Å². The monoisotopic (exact) mass is 356 g/mol. The van der Waals surface area contributed by atoms with E-state index >= 15 is 0 Å². The first kappa shape index (κ1) is 16.3. The van der Waals surface area contributed by atoms with Crippen LogP contribution in [0.25, 0.3) is 0 Å². The number of anilines is 1. The van der Waals surface area contributed by atoms with Crippen LogP contribution in [-0.4, -0.2) is 55.4 Å². The maximum Gasteiger partial charge on any atom is 0.320 e. The fourth-order valence-electron chi connectivity index (χ4n) is 2.36. The average molecular weight is 357 g/mol. The number of rotatable bonds is 5. The quantitative estimate of drug-likeness (QED) is 0.876. The van der Waals surface area contributed by atoms with Crippen molar-refractivity contribution in [2.75, 3.05) is 38.3 Å². The van der Waals surface area contributed by atoms with Crippen LogP contribution in [0.4, 0.5) is 5.69 Å². The van der Waals surface area contributed by atoms with Gasteiger partial charge in [0, 0.05) is 29.8 Å². The molecule has 1 heterocycles. The summed E-state index contributed by atoms with van der Waals surface area (Å²) in [5.74, 6) is -0.803. The highest BCUT2D eigenvalue weighted by Crippen LogP contribution is 2.27. The molecule has 1 aromatic carbocycles. The number of carboxylic acids is 1. The molecule has 1 unspecified atom stereocenters. The summed E-state index contributed by atoms with van der Waals surface area (Å²) in [7, 11) is 1.84. The van der Waals surface area contributed by atoms with Gasteiger partial charge in [-0.05, 0) is 31.7 Å². The molecule has 0 aromatic heterocycles. The summed E-state index contributed by atoms with van der Waals surface area (Å²) in [6.45, 7) is 5.49. The van der Waals surface area contributed by atoms with Crippen molar-refractivity contribution < 1.29 is 14.6 Å². The molecule has 0 spiro atoms. The summed E-state index contributed by atoms with van der Waals surface area (Å²) >= 11 is 3.52. The Hall–Kier alpha value is -1.11. The molecule has 1 fully saturated rings. The highest BCUT2D eigenvalue weighted by atomic mass is 79.9. The molecule has 0 amide bonds. The highest BCUT2D eigenvalue weighted by Gasteiger charge is 2.20.